The largest absolute Gasteiger partial charge is 0.479 e. The van der Waals surface area contributed by atoms with Gasteiger partial charge in [-0.25, -0.2) is 9.78 Å². The monoisotopic (exact) mass is 350 g/mol. The topological polar surface area (TPSA) is 147 Å². The van der Waals surface area contributed by atoms with Crippen LogP contribution in [0.25, 0.3) is 11.0 Å². The van der Waals surface area contributed by atoms with Gasteiger partial charge >= 0.3 is 5.97 Å². The van der Waals surface area contributed by atoms with Crippen LogP contribution in [0.2, 0.25) is 10.0 Å². The highest BCUT2D eigenvalue weighted by Crippen LogP contribution is 2.28. The average Bonchev–Trinajstić information content (AvgIpc) is 2.87. The Bertz CT molecular complexity index is 667. The van der Waals surface area contributed by atoms with E-state index in [1.807, 2.05) is 0 Å². The number of fused-ring (bicyclic) bond motifs is 1. The number of nitrogens with one attached hydrogen (secondary N) is 1. The highest BCUT2D eigenvalue weighted by molar-refractivity contribution is 6.42. The Morgan fingerprint density at radius 3 is 2.27 bits per heavy atom. The van der Waals surface area contributed by atoms with E-state index in [1.165, 1.54) is 12.1 Å². The van der Waals surface area contributed by atoms with Gasteiger partial charge in [-0.1, -0.05) is 23.2 Å². The molecule has 6 N–H and O–H groups in total. The van der Waals surface area contributed by atoms with E-state index >= 15 is 0 Å². The number of halogens is 2. The lowest BCUT2D eigenvalue weighted by atomic mass is 10.0. The van der Waals surface area contributed by atoms with Crippen molar-refractivity contribution in [3.05, 3.63) is 28.0 Å². The fourth-order valence-electron chi connectivity index (χ4n) is 1.85. The van der Waals surface area contributed by atoms with E-state index in [1.54, 1.807) is 0 Å². The fraction of sp³-hybridized carbons (Fsp3) is 0.333. The van der Waals surface area contributed by atoms with Gasteiger partial charge in [0.25, 0.3) is 0 Å². The number of H-pyrrole nitrogens is 1. The molecule has 10 heteroatoms. The number of aliphatic hydroxyl groups is 4. The molecule has 1 aromatic heterocycles. The van der Waals surface area contributed by atoms with Crippen molar-refractivity contribution in [1.82, 2.24) is 9.97 Å². The number of benzene rings is 1. The molecule has 0 saturated carbocycles. The zero-order valence-electron chi connectivity index (χ0n) is 10.8. The smallest absolute Gasteiger partial charge is 0.335 e. The number of aromatic nitrogens is 2. The number of aliphatic hydroxyl groups excluding tert-OH is 4. The number of rotatable bonds is 5. The Hall–Kier alpha value is -1.42. The second kappa shape index (κ2) is 6.37. The van der Waals surface area contributed by atoms with Crippen LogP contribution in [-0.4, -0.2) is 59.8 Å². The molecule has 4 atom stereocenters. The summed E-state index contributed by atoms with van der Waals surface area (Å²) in [6.07, 6.45) is -8.09. The lowest BCUT2D eigenvalue weighted by Gasteiger charge is -2.23. The molecule has 0 amide bonds. The van der Waals surface area contributed by atoms with Gasteiger partial charge in [0.15, 0.2) is 6.10 Å². The van der Waals surface area contributed by atoms with Crippen LogP contribution in [0, 0.1) is 0 Å². The van der Waals surface area contributed by atoms with Crippen LogP contribution in [-0.2, 0) is 4.79 Å². The van der Waals surface area contributed by atoms with Crippen LogP contribution in [0.5, 0.6) is 0 Å². The molecule has 120 valence electrons. The Morgan fingerprint density at radius 1 is 1.09 bits per heavy atom. The summed E-state index contributed by atoms with van der Waals surface area (Å²) in [5.74, 6) is -1.88. The number of hydrogen-bond acceptors (Lipinski definition) is 6. The van der Waals surface area contributed by atoms with E-state index in [-0.39, 0.29) is 15.9 Å². The zero-order chi connectivity index (χ0) is 16.6. The van der Waals surface area contributed by atoms with Crippen molar-refractivity contribution in [2.75, 3.05) is 0 Å². The SMILES string of the molecule is O=C(O)C(O)[C@H](O)[C@H](O)C(O)c1nc2cc(Cl)c(Cl)cc2[nH]1. The molecule has 0 bridgehead atoms. The summed E-state index contributed by atoms with van der Waals surface area (Å²) in [6, 6.07) is 2.89. The Balaban J connectivity index is 2.29. The van der Waals surface area contributed by atoms with Crippen LogP contribution >= 0.6 is 23.2 Å². The molecule has 0 aliphatic rings. The van der Waals surface area contributed by atoms with E-state index < -0.39 is 30.4 Å². The molecule has 2 rings (SSSR count). The standard InChI is InChI=1S/C12H12Cl2N2O6/c13-3-1-5-6(2-4(3)14)16-11(15-5)9(19)7(17)8(18)10(20)12(21)22/h1-2,7-10,17-20H,(H,15,16)(H,21,22)/t7-,8+,9?,10?/m0/s1. The highest BCUT2D eigenvalue weighted by Gasteiger charge is 2.36. The first-order chi connectivity index (χ1) is 10.2. The van der Waals surface area contributed by atoms with Crippen molar-refractivity contribution in [2.45, 2.75) is 24.4 Å². The van der Waals surface area contributed by atoms with Gasteiger partial charge in [0.05, 0.1) is 21.1 Å². The third-order valence-electron chi connectivity index (χ3n) is 3.07. The number of carboxylic acid groups (broad SMARTS) is 1. The van der Waals surface area contributed by atoms with Crippen molar-refractivity contribution in [3.8, 4) is 0 Å². The number of hydrogen-bond donors (Lipinski definition) is 6. The second-order valence-electron chi connectivity index (χ2n) is 4.61. The van der Waals surface area contributed by atoms with Crippen LogP contribution < -0.4 is 0 Å². The third kappa shape index (κ3) is 3.17. The highest BCUT2D eigenvalue weighted by atomic mass is 35.5. The maximum atomic E-state index is 10.6. The summed E-state index contributed by atoms with van der Waals surface area (Å²) >= 11 is 11.7. The summed E-state index contributed by atoms with van der Waals surface area (Å²) in [6.45, 7) is 0. The van der Waals surface area contributed by atoms with Gasteiger partial charge in [-0.3, -0.25) is 0 Å². The molecule has 8 nitrogen and oxygen atoms in total. The van der Waals surface area contributed by atoms with E-state index in [0.29, 0.717) is 11.0 Å². The second-order valence-corrected chi connectivity index (χ2v) is 5.43. The Morgan fingerprint density at radius 2 is 1.68 bits per heavy atom. The summed E-state index contributed by atoms with van der Waals surface area (Å²) in [7, 11) is 0. The van der Waals surface area contributed by atoms with Gasteiger partial charge < -0.3 is 30.5 Å². The molecule has 2 aromatic rings. The van der Waals surface area contributed by atoms with Gasteiger partial charge in [0.2, 0.25) is 0 Å². The minimum atomic E-state index is -2.25. The Kier molecular flexibility index (Phi) is 4.90. The Labute approximate surface area is 133 Å². The van der Waals surface area contributed by atoms with Crippen LogP contribution in [0.3, 0.4) is 0 Å². The molecule has 0 radical (unpaired) electrons. The number of carbonyl (C=O) groups is 1. The molecular weight excluding hydrogens is 339 g/mol. The van der Waals surface area contributed by atoms with E-state index in [4.69, 9.17) is 28.3 Å². The van der Waals surface area contributed by atoms with Gasteiger partial charge in [0, 0.05) is 0 Å². The quantitative estimate of drug-likeness (QED) is 0.447. The number of aliphatic carboxylic acids is 1. The van der Waals surface area contributed by atoms with Gasteiger partial charge in [-0.15, -0.1) is 0 Å². The number of aromatic amines is 1. The molecule has 1 aromatic carbocycles. The molecule has 1 heterocycles. The van der Waals surface area contributed by atoms with Gasteiger partial charge in [-0.2, -0.15) is 0 Å². The molecule has 0 saturated heterocycles. The molecule has 0 spiro atoms. The van der Waals surface area contributed by atoms with Crippen LogP contribution in [0.15, 0.2) is 12.1 Å². The van der Waals surface area contributed by atoms with E-state index in [9.17, 15) is 25.2 Å². The molecule has 2 unspecified atom stereocenters. The van der Waals surface area contributed by atoms with Crippen molar-refractivity contribution in [2.24, 2.45) is 0 Å². The predicted octanol–water partition coefficient (Wildman–Crippen LogP) is 0.0704. The lowest BCUT2D eigenvalue weighted by Crippen LogP contribution is -2.45. The lowest BCUT2D eigenvalue weighted by molar-refractivity contribution is -0.163. The molecular formula is C12H12Cl2N2O6. The minimum Gasteiger partial charge on any atom is -0.479 e. The van der Waals surface area contributed by atoms with Crippen molar-refractivity contribution >= 4 is 40.2 Å². The predicted molar refractivity (Wildman–Crippen MR) is 76.7 cm³/mol. The fourth-order valence-corrected chi connectivity index (χ4v) is 2.17. The normalized spacial score (nSPS) is 17.2. The zero-order valence-corrected chi connectivity index (χ0v) is 12.3. The molecule has 0 fully saturated rings. The summed E-state index contributed by atoms with van der Waals surface area (Å²) in [5, 5.41) is 47.5. The first-order valence-corrected chi connectivity index (χ1v) is 6.77. The number of nitrogens with zero attached hydrogens (tertiary/aromatic N) is 1. The maximum Gasteiger partial charge on any atom is 0.335 e. The van der Waals surface area contributed by atoms with Crippen LogP contribution in [0.4, 0.5) is 0 Å². The van der Waals surface area contributed by atoms with Crippen LogP contribution in [0.1, 0.15) is 11.9 Å². The molecule has 0 aliphatic carbocycles. The summed E-state index contributed by atoms with van der Waals surface area (Å²) < 4.78 is 0. The summed E-state index contributed by atoms with van der Waals surface area (Å²) in [4.78, 5) is 17.2. The van der Waals surface area contributed by atoms with Crippen molar-refractivity contribution in [3.63, 3.8) is 0 Å². The minimum absolute atomic E-state index is 0.141. The number of carboxylic acids is 1. The first-order valence-electron chi connectivity index (χ1n) is 6.02. The summed E-state index contributed by atoms with van der Waals surface area (Å²) in [5.41, 5.74) is 0.771. The molecule has 22 heavy (non-hydrogen) atoms. The number of imidazole rings is 1. The molecule has 0 aliphatic heterocycles. The first kappa shape index (κ1) is 16.9. The van der Waals surface area contributed by atoms with Gasteiger partial charge in [0.1, 0.15) is 24.1 Å². The van der Waals surface area contributed by atoms with Crippen molar-refractivity contribution in [1.29, 1.82) is 0 Å². The van der Waals surface area contributed by atoms with Crippen molar-refractivity contribution < 1.29 is 30.3 Å². The average molecular weight is 351 g/mol. The third-order valence-corrected chi connectivity index (χ3v) is 3.79. The van der Waals surface area contributed by atoms with E-state index in [0.717, 1.165) is 0 Å². The van der Waals surface area contributed by atoms with Gasteiger partial charge in [-0.05, 0) is 12.1 Å². The van der Waals surface area contributed by atoms with E-state index in [2.05, 4.69) is 9.97 Å². The maximum absolute atomic E-state index is 10.6.